The Morgan fingerprint density at radius 2 is 1.74 bits per heavy atom. The van der Waals surface area contributed by atoms with Crippen LogP contribution in [0.4, 0.5) is 0 Å². The monoisotopic (exact) mass is 429 g/mol. The number of methoxy groups -OCH3 is 1. The van der Waals surface area contributed by atoms with E-state index in [0.29, 0.717) is 18.4 Å². The fourth-order valence-corrected chi connectivity index (χ4v) is 4.26. The largest absolute Gasteiger partial charge is 0.497 e. The van der Waals surface area contributed by atoms with Crippen LogP contribution in [0, 0.1) is 0 Å². The van der Waals surface area contributed by atoms with E-state index < -0.39 is 0 Å². The van der Waals surface area contributed by atoms with Crippen LogP contribution in [-0.2, 0) is 4.79 Å². The van der Waals surface area contributed by atoms with E-state index in [2.05, 4.69) is 41.1 Å². The van der Waals surface area contributed by atoms with Crippen LogP contribution in [0.3, 0.4) is 0 Å². The van der Waals surface area contributed by atoms with Gasteiger partial charge in [-0.3, -0.25) is 14.7 Å². The Labute approximate surface area is 187 Å². The number of piperazine rings is 1. The van der Waals surface area contributed by atoms with Gasteiger partial charge in [-0.05, 0) is 49.8 Å². The van der Waals surface area contributed by atoms with Gasteiger partial charge in [0.2, 0.25) is 5.91 Å². The Morgan fingerprint density at radius 1 is 1.06 bits per heavy atom. The minimum absolute atomic E-state index is 0.291. The number of carbonyl (C=O) groups is 1. The first-order valence-electron chi connectivity index (χ1n) is 11.8. The Balaban J connectivity index is 1.46. The molecule has 2 fully saturated rings. The van der Waals surface area contributed by atoms with Crippen molar-refractivity contribution in [2.24, 2.45) is 4.99 Å². The second kappa shape index (κ2) is 11.9. The zero-order valence-corrected chi connectivity index (χ0v) is 19.5. The van der Waals surface area contributed by atoms with Crippen LogP contribution in [0.5, 0.6) is 5.75 Å². The number of likely N-dealkylation sites (tertiary alicyclic amines) is 1. The molecule has 1 aromatic carbocycles. The highest BCUT2D eigenvalue weighted by Crippen LogP contribution is 2.21. The van der Waals surface area contributed by atoms with E-state index >= 15 is 0 Å². The van der Waals surface area contributed by atoms with Crippen LogP contribution in [0.2, 0.25) is 0 Å². The van der Waals surface area contributed by atoms with Crippen molar-refractivity contribution in [1.29, 1.82) is 0 Å². The highest BCUT2D eigenvalue weighted by atomic mass is 16.5. The molecule has 2 aliphatic rings. The van der Waals surface area contributed by atoms with Crippen LogP contribution in [-0.4, -0.2) is 92.6 Å². The molecule has 2 heterocycles. The van der Waals surface area contributed by atoms with Gasteiger partial charge in [-0.15, -0.1) is 0 Å². The molecule has 0 bridgehead atoms. The summed E-state index contributed by atoms with van der Waals surface area (Å²) in [6.45, 7) is 12.1. The van der Waals surface area contributed by atoms with Gasteiger partial charge in [0.05, 0.1) is 13.7 Å². The third kappa shape index (κ3) is 6.86. The highest BCUT2D eigenvalue weighted by Gasteiger charge is 2.24. The number of amides is 1. The van der Waals surface area contributed by atoms with E-state index in [1.807, 2.05) is 17.0 Å². The summed E-state index contributed by atoms with van der Waals surface area (Å²) >= 11 is 0. The molecule has 1 amide bonds. The molecule has 1 atom stereocenters. The van der Waals surface area contributed by atoms with E-state index in [9.17, 15) is 4.79 Å². The van der Waals surface area contributed by atoms with Crippen molar-refractivity contribution in [3.05, 3.63) is 29.8 Å². The fourth-order valence-electron chi connectivity index (χ4n) is 4.26. The Bertz CT molecular complexity index is 707. The van der Waals surface area contributed by atoms with E-state index in [4.69, 9.17) is 9.73 Å². The number of hydrogen-bond donors (Lipinski definition) is 1. The summed E-state index contributed by atoms with van der Waals surface area (Å²) in [5.74, 6) is 2.63. The van der Waals surface area contributed by atoms with Gasteiger partial charge >= 0.3 is 0 Å². The van der Waals surface area contributed by atoms with Gasteiger partial charge in [-0.25, -0.2) is 0 Å². The van der Waals surface area contributed by atoms with E-state index in [0.717, 1.165) is 83.3 Å². The molecule has 2 aliphatic heterocycles. The number of carbonyl (C=O) groups excluding carboxylic acids is 1. The summed E-state index contributed by atoms with van der Waals surface area (Å²) < 4.78 is 5.25. The molecular weight excluding hydrogens is 390 g/mol. The molecule has 0 aromatic heterocycles. The van der Waals surface area contributed by atoms with Crippen LogP contribution in [0.25, 0.3) is 0 Å². The molecule has 0 spiro atoms. The van der Waals surface area contributed by atoms with Crippen molar-refractivity contribution in [2.45, 2.75) is 39.0 Å². The summed E-state index contributed by atoms with van der Waals surface area (Å²) in [5, 5.41) is 3.45. The Kier molecular flexibility index (Phi) is 9.00. The van der Waals surface area contributed by atoms with Gasteiger partial charge in [0.1, 0.15) is 5.75 Å². The second-order valence-corrected chi connectivity index (χ2v) is 8.55. The van der Waals surface area contributed by atoms with Crippen LogP contribution in [0.1, 0.15) is 44.6 Å². The number of hydrogen-bond acceptors (Lipinski definition) is 4. The maximum Gasteiger partial charge on any atom is 0.236 e. The normalized spacial score (nSPS) is 18.9. The van der Waals surface area contributed by atoms with Gasteiger partial charge < -0.3 is 19.9 Å². The van der Waals surface area contributed by atoms with Gasteiger partial charge in [-0.1, -0.05) is 19.1 Å². The third-order valence-electron chi connectivity index (χ3n) is 6.33. The molecule has 0 radical (unpaired) electrons. The number of nitrogens with zero attached hydrogens (tertiary/aromatic N) is 4. The van der Waals surface area contributed by atoms with Gasteiger partial charge in [0.25, 0.3) is 0 Å². The molecule has 0 aliphatic carbocycles. The number of benzene rings is 1. The topological polar surface area (TPSA) is 60.4 Å². The lowest BCUT2D eigenvalue weighted by Gasteiger charge is -2.36. The third-order valence-corrected chi connectivity index (χ3v) is 6.33. The predicted octanol–water partition coefficient (Wildman–Crippen LogP) is 2.39. The maximum absolute atomic E-state index is 12.4. The molecule has 1 aromatic rings. The number of rotatable bonds is 8. The molecule has 1 unspecified atom stereocenters. The SMILES string of the molecule is CCNC(=NCCC(C)c1ccc(OC)cc1)N1CCN(CC(=O)N2CCCC2)CC1. The smallest absolute Gasteiger partial charge is 0.236 e. The first-order valence-corrected chi connectivity index (χ1v) is 11.8. The minimum atomic E-state index is 0.291. The molecule has 3 rings (SSSR count). The molecule has 0 saturated carbocycles. The molecule has 7 heteroatoms. The molecule has 172 valence electrons. The number of guanidine groups is 1. The lowest BCUT2D eigenvalue weighted by Crippen LogP contribution is -2.54. The quantitative estimate of drug-likeness (QED) is 0.508. The Hall–Kier alpha value is -2.28. The first kappa shape index (κ1) is 23.4. The van der Waals surface area contributed by atoms with Crippen molar-refractivity contribution < 1.29 is 9.53 Å². The summed E-state index contributed by atoms with van der Waals surface area (Å²) in [4.78, 5) is 23.9. The lowest BCUT2D eigenvalue weighted by atomic mass is 9.98. The van der Waals surface area contributed by atoms with Crippen molar-refractivity contribution in [3.8, 4) is 5.75 Å². The average molecular weight is 430 g/mol. The molecule has 2 saturated heterocycles. The summed E-state index contributed by atoms with van der Waals surface area (Å²) in [5.41, 5.74) is 1.32. The van der Waals surface area contributed by atoms with E-state index in [-0.39, 0.29) is 0 Å². The molecule has 7 nitrogen and oxygen atoms in total. The molecule has 1 N–H and O–H groups in total. The van der Waals surface area contributed by atoms with E-state index in [1.54, 1.807) is 7.11 Å². The van der Waals surface area contributed by atoms with Crippen LogP contribution >= 0.6 is 0 Å². The minimum Gasteiger partial charge on any atom is -0.497 e. The van der Waals surface area contributed by atoms with Crippen LogP contribution < -0.4 is 10.1 Å². The zero-order chi connectivity index (χ0) is 22.1. The van der Waals surface area contributed by atoms with Crippen molar-refractivity contribution in [3.63, 3.8) is 0 Å². The second-order valence-electron chi connectivity index (χ2n) is 8.55. The Morgan fingerprint density at radius 3 is 2.35 bits per heavy atom. The summed E-state index contributed by atoms with van der Waals surface area (Å²) in [6, 6.07) is 8.32. The number of aliphatic imine (C=N–C) groups is 1. The number of ether oxygens (including phenoxy) is 1. The van der Waals surface area contributed by atoms with Crippen molar-refractivity contribution in [2.75, 3.05) is 66.0 Å². The van der Waals surface area contributed by atoms with Crippen molar-refractivity contribution in [1.82, 2.24) is 20.0 Å². The van der Waals surface area contributed by atoms with Crippen LogP contribution in [0.15, 0.2) is 29.3 Å². The molecule has 31 heavy (non-hydrogen) atoms. The summed E-state index contributed by atoms with van der Waals surface area (Å²) in [6.07, 6.45) is 3.31. The number of nitrogens with one attached hydrogen (secondary N) is 1. The molecular formula is C24H39N5O2. The highest BCUT2D eigenvalue weighted by molar-refractivity contribution is 5.80. The van der Waals surface area contributed by atoms with Crippen molar-refractivity contribution >= 4 is 11.9 Å². The van der Waals surface area contributed by atoms with Gasteiger partial charge in [-0.2, -0.15) is 0 Å². The fraction of sp³-hybridized carbons (Fsp3) is 0.667. The predicted molar refractivity (Wildman–Crippen MR) is 126 cm³/mol. The lowest BCUT2D eigenvalue weighted by molar-refractivity contribution is -0.131. The first-order chi connectivity index (χ1) is 15.1. The van der Waals surface area contributed by atoms with Gasteiger partial charge in [0, 0.05) is 52.4 Å². The van der Waals surface area contributed by atoms with Gasteiger partial charge in [0.15, 0.2) is 5.96 Å². The average Bonchev–Trinajstić information content (AvgIpc) is 3.34. The standard InChI is InChI=1S/C24H39N5O2/c1-4-25-24(26-12-11-20(2)21-7-9-22(31-3)10-8-21)29-17-15-27(16-18-29)19-23(30)28-13-5-6-14-28/h7-10,20H,4-6,11-19H2,1-3H3,(H,25,26). The maximum atomic E-state index is 12.4. The zero-order valence-electron chi connectivity index (χ0n) is 19.5. The summed E-state index contributed by atoms with van der Waals surface area (Å²) in [7, 11) is 1.70. The van der Waals surface area contributed by atoms with E-state index in [1.165, 1.54) is 5.56 Å².